The monoisotopic (exact) mass is 455 g/mol. The predicted molar refractivity (Wildman–Crippen MR) is 142 cm³/mol. The molecule has 1 saturated carbocycles. The maximum Gasteiger partial charge on any atom is 0.119 e. The lowest BCUT2D eigenvalue weighted by Crippen LogP contribution is -2.48. The van der Waals surface area contributed by atoms with Crippen molar-refractivity contribution >= 4 is 5.69 Å². The van der Waals surface area contributed by atoms with Crippen molar-refractivity contribution in [3.05, 3.63) is 35.9 Å². The van der Waals surface area contributed by atoms with Crippen LogP contribution in [0.1, 0.15) is 79.1 Å². The summed E-state index contributed by atoms with van der Waals surface area (Å²) in [5.74, 6) is 2.43. The van der Waals surface area contributed by atoms with Crippen LogP contribution in [-0.4, -0.2) is 49.8 Å². The Labute approximate surface area is 203 Å². The first kappa shape index (κ1) is 26.1. The Hall–Kier alpha value is -1.52. The second-order valence-electron chi connectivity index (χ2n) is 11.2. The summed E-state index contributed by atoms with van der Waals surface area (Å²) in [6, 6.07) is 9.75. The van der Waals surface area contributed by atoms with Gasteiger partial charge in [-0.25, -0.2) is 0 Å². The Bertz CT molecular complexity index is 696. The minimum absolute atomic E-state index is 0.296. The summed E-state index contributed by atoms with van der Waals surface area (Å²) in [6.45, 7) is 14.1. The van der Waals surface area contributed by atoms with Crippen molar-refractivity contribution in [1.82, 2.24) is 4.90 Å². The topological polar surface area (TPSA) is 41.7 Å². The number of hydrogen-bond donors (Lipinski definition) is 1. The van der Waals surface area contributed by atoms with Crippen molar-refractivity contribution in [3.63, 3.8) is 0 Å². The Morgan fingerprint density at radius 3 is 2.33 bits per heavy atom. The summed E-state index contributed by atoms with van der Waals surface area (Å²) in [5.41, 5.74) is 9.08. The van der Waals surface area contributed by atoms with Crippen LogP contribution >= 0.6 is 0 Å². The molecule has 0 bridgehead atoms. The number of likely N-dealkylation sites (tertiary alicyclic amines) is 1. The van der Waals surface area contributed by atoms with Crippen LogP contribution in [0.4, 0.5) is 5.69 Å². The van der Waals surface area contributed by atoms with E-state index < -0.39 is 0 Å². The van der Waals surface area contributed by atoms with Crippen LogP contribution in [0.25, 0.3) is 0 Å². The molecule has 0 amide bonds. The van der Waals surface area contributed by atoms with Crippen molar-refractivity contribution in [2.75, 3.05) is 37.7 Å². The van der Waals surface area contributed by atoms with Gasteiger partial charge in [-0.2, -0.15) is 0 Å². The van der Waals surface area contributed by atoms with Gasteiger partial charge in [-0.1, -0.05) is 44.8 Å². The molecule has 2 aliphatic rings. The lowest BCUT2D eigenvalue weighted by atomic mass is 9.90. The molecule has 0 aromatic heterocycles. The maximum absolute atomic E-state index is 6.39. The van der Waals surface area contributed by atoms with Crippen LogP contribution in [0.5, 0.6) is 5.75 Å². The van der Waals surface area contributed by atoms with E-state index >= 15 is 0 Å². The average Bonchev–Trinajstić information content (AvgIpc) is 2.79. The fourth-order valence-corrected chi connectivity index (χ4v) is 5.47. The molecule has 1 heterocycles. The molecule has 1 aliphatic heterocycles. The normalized spacial score (nSPS) is 19.5. The second-order valence-corrected chi connectivity index (χ2v) is 11.2. The number of nitrogens with zero attached hydrogens (tertiary/aromatic N) is 2. The summed E-state index contributed by atoms with van der Waals surface area (Å²) in [5, 5.41) is 0. The van der Waals surface area contributed by atoms with Gasteiger partial charge in [0.15, 0.2) is 0 Å². The van der Waals surface area contributed by atoms with Gasteiger partial charge in [0, 0.05) is 44.0 Å². The molecule has 186 valence electrons. The lowest BCUT2D eigenvalue weighted by molar-refractivity contribution is 0.193. The maximum atomic E-state index is 6.39. The highest BCUT2D eigenvalue weighted by molar-refractivity contribution is 5.50. The largest absolute Gasteiger partial charge is 0.493 e. The van der Waals surface area contributed by atoms with Crippen LogP contribution in [0.15, 0.2) is 35.9 Å². The second kappa shape index (κ2) is 13.4. The summed E-state index contributed by atoms with van der Waals surface area (Å²) in [6.07, 6.45) is 12.7. The minimum Gasteiger partial charge on any atom is -0.493 e. The van der Waals surface area contributed by atoms with Gasteiger partial charge in [0.25, 0.3) is 0 Å². The molecule has 4 heteroatoms. The summed E-state index contributed by atoms with van der Waals surface area (Å²) >= 11 is 0. The molecule has 1 unspecified atom stereocenters. The van der Waals surface area contributed by atoms with Gasteiger partial charge in [0.1, 0.15) is 5.75 Å². The first-order valence-corrected chi connectivity index (χ1v) is 13.5. The number of rotatable bonds is 11. The zero-order valence-corrected chi connectivity index (χ0v) is 21.8. The smallest absolute Gasteiger partial charge is 0.119 e. The molecule has 1 aliphatic carbocycles. The van der Waals surface area contributed by atoms with E-state index in [9.17, 15) is 0 Å². The SMILES string of the molecule is CC(C)=CCN(c1ccc(OCC2CCCCC2)cc1)C1CCN(CC(N)CC(C)C)CC1. The van der Waals surface area contributed by atoms with Crippen LogP contribution in [0.3, 0.4) is 0 Å². The lowest BCUT2D eigenvalue weighted by Gasteiger charge is -2.40. The number of anilines is 1. The molecule has 2 N–H and O–H groups in total. The van der Waals surface area contributed by atoms with E-state index in [2.05, 4.69) is 67.8 Å². The highest BCUT2D eigenvalue weighted by atomic mass is 16.5. The Morgan fingerprint density at radius 1 is 1.06 bits per heavy atom. The fourth-order valence-electron chi connectivity index (χ4n) is 5.47. The van der Waals surface area contributed by atoms with Crippen molar-refractivity contribution < 1.29 is 4.74 Å². The molecule has 4 nitrogen and oxygen atoms in total. The molecular weight excluding hydrogens is 406 g/mol. The minimum atomic E-state index is 0.296. The molecule has 1 atom stereocenters. The van der Waals surface area contributed by atoms with Crippen molar-refractivity contribution in [1.29, 1.82) is 0 Å². The van der Waals surface area contributed by atoms with E-state index in [0.29, 0.717) is 18.0 Å². The third-order valence-corrected chi connectivity index (χ3v) is 7.34. The number of piperidine rings is 1. The quantitative estimate of drug-likeness (QED) is 0.400. The molecule has 1 aromatic rings. The Balaban J connectivity index is 1.56. The summed E-state index contributed by atoms with van der Waals surface area (Å²) in [7, 11) is 0. The molecule has 1 saturated heterocycles. The van der Waals surface area contributed by atoms with E-state index in [-0.39, 0.29) is 0 Å². The van der Waals surface area contributed by atoms with Crippen molar-refractivity contribution in [2.45, 2.75) is 91.1 Å². The Kier molecular flexibility index (Phi) is 10.6. The highest BCUT2D eigenvalue weighted by Crippen LogP contribution is 2.28. The first-order chi connectivity index (χ1) is 15.9. The molecule has 3 rings (SSSR count). The standard InChI is InChI=1S/C29H49N3O/c1-23(2)14-19-32(28-15-17-31(18-16-28)21-26(30)20-24(3)4)27-10-12-29(13-11-27)33-22-25-8-6-5-7-9-25/h10-14,24-26,28H,5-9,15-22,30H2,1-4H3. The Morgan fingerprint density at radius 2 is 1.73 bits per heavy atom. The first-order valence-electron chi connectivity index (χ1n) is 13.5. The van der Waals surface area contributed by atoms with Crippen LogP contribution < -0.4 is 15.4 Å². The van der Waals surface area contributed by atoms with Gasteiger partial charge in [0.2, 0.25) is 0 Å². The van der Waals surface area contributed by atoms with E-state index in [4.69, 9.17) is 10.5 Å². The molecule has 2 fully saturated rings. The number of nitrogens with two attached hydrogens (primary N) is 1. The van der Waals surface area contributed by atoms with Gasteiger partial charge < -0.3 is 20.3 Å². The number of ether oxygens (including phenoxy) is 1. The third-order valence-electron chi connectivity index (χ3n) is 7.34. The average molecular weight is 456 g/mol. The third kappa shape index (κ3) is 8.98. The van der Waals surface area contributed by atoms with Gasteiger partial charge >= 0.3 is 0 Å². The van der Waals surface area contributed by atoms with Crippen LogP contribution in [-0.2, 0) is 0 Å². The zero-order valence-electron chi connectivity index (χ0n) is 21.8. The summed E-state index contributed by atoms with van der Waals surface area (Å²) < 4.78 is 6.15. The number of allylic oxidation sites excluding steroid dienone is 1. The van der Waals surface area contributed by atoms with Crippen LogP contribution in [0.2, 0.25) is 0 Å². The van der Waals surface area contributed by atoms with Gasteiger partial charge in [-0.05, 0) is 82.1 Å². The number of benzene rings is 1. The van der Waals surface area contributed by atoms with E-state index in [1.54, 1.807) is 0 Å². The molecule has 1 aromatic carbocycles. The summed E-state index contributed by atoms with van der Waals surface area (Å²) in [4.78, 5) is 5.17. The van der Waals surface area contributed by atoms with E-state index in [1.807, 2.05) is 0 Å². The highest BCUT2D eigenvalue weighted by Gasteiger charge is 2.25. The number of hydrogen-bond acceptors (Lipinski definition) is 4. The fraction of sp³-hybridized carbons (Fsp3) is 0.724. The van der Waals surface area contributed by atoms with Gasteiger partial charge in [-0.3, -0.25) is 0 Å². The molecule has 33 heavy (non-hydrogen) atoms. The van der Waals surface area contributed by atoms with Gasteiger partial charge in [0.05, 0.1) is 6.61 Å². The molecule has 0 spiro atoms. The molecular formula is C29H49N3O. The van der Waals surface area contributed by atoms with Crippen LogP contribution in [0, 0.1) is 11.8 Å². The molecule has 0 radical (unpaired) electrons. The zero-order chi connectivity index (χ0) is 23.6. The van der Waals surface area contributed by atoms with E-state index in [0.717, 1.165) is 50.9 Å². The predicted octanol–water partition coefficient (Wildman–Crippen LogP) is 6.26. The van der Waals surface area contributed by atoms with Crippen molar-refractivity contribution in [2.24, 2.45) is 17.6 Å². The van der Waals surface area contributed by atoms with Gasteiger partial charge in [-0.15, -0.1) is 0 Å². The van der Waals surface area contributed by atoms with E-state index in [1.165, 1.54) is 56.2 Å². The van der Waals surface area contributed by atoms with Crippen molar-refractivity contribution in [3.8, 4) is 5.75 Å².